The van der Waals surface area contributed by atoms with Crippen molar-refractivity contribution in [2.45, 2.75) is 25.3 Å². The maximum absolute atomic E-state index is 13.7. The highest BCUT2D eigenvalue weighted by Gasteiger charge is 2.49. The number of ether oxygens (including phenoxy) is 1. The number of rotatable bonds is 3. The fourth-order valence-corrected chi connectivity index (χ4v) is 3.67. The van der Waals surface area contributed by atoms with Crippen LogP contribution >= 0.6 is 0 Å². The fraction of sp³-hybridized carbons (Fsp3) is 0.533. The molecule has 4 unspecified atom stereocenters. The third-order valence-corrected chi connectivity index (χ3v) is 4.71. The Morgan fingerprint density at radius 3 is 2.80 bits per heavy atom. The zero-order chi connectivity index (χ0) is 14.3. The molecule has 0 heterocycles. The van der Waals surface area contributed by atoms with Crippen LogP contribution in [-0.2, 0) is 4.79 Å². The van der Waals surface area contributed by atoms with Crippen molar-refractivity contribution in [2.24, 2.45) is 23.5 Å². The van der Waals surface area contributed by atoms with E-state index in [0.717, 1.165) is 19.3 Å². The molecule has 1 aromatic carbocycles. The molecule has 4 atom stereocenters. The summed E-state index contributed by atoms with van der Waals surface area (Å²) in [6.45, 7) is 0. The molecule has 2 saturated carbocycles. The third kappa shape index (κ3) is 2.16. The highest BCUT2D eigenvalue weighted by Crippen LogP contribution is 2.48. The quantitative estimate of drug-likeness (QED) is 0.890. The van der Waals surface area contributed by atoms with Crippen LogP contribution in [0, 0.1) is 23.6 Å². The van der Waals surface area contributed by atoms with Gasteiger partial charge in [0, 0.05) is 12.1 Å². The summed E-state index contributed by atoms with van der Waals surface area (Å²) in [5.74, 6) is 0.487. The largest absolute Gasteiger partial charge is 0.497 e. The molecule has 1 aromatic rings. The first kappa shape index (κ1) is 13.4. The van der Waals surface area contributed by atoms with Crippen LogP contribution in [0.5, 0.6) is 5.75 Å². The number of halogens is 1. The maximum Gasteiger partial charge on any atom is 0.229 e. The molecule has 3 N–H and O–H groups in total. The van der Waals surface area contributed by atoms with Crippen molar-refractivity contribution in [2.75, 3.05) is 12.4 Å². The van der Waals surface area contributed by atoms with Crippen LogP contribution in [-0.4, -0.2) is 19.1 Å². The lowest BCUT2D eigenvalue weighted by Crippen LogP contribution is -2.42. The normalized spacial score (nSPS) is 31.4. The second kappa shape index (κ2) is 5.05. The monoisotopic (exact) mass is 278 g/mol. The van der Waals surface area contributed by atoms with Crippen molar-refractivity contribution in [1.82, 2.24) is 0 Å². The minimum atomic E-state index is -0.462. The molecule has 0 aliphatic heterocycles. The van der Waals surface area contributed by atoms with E-state index in [2.05, 4.69) is 5.32 Å². The lowest BCUT2D eigenvalue weighted by molar-refractivity contribution is -0.121. The number of anilines is 1. The fourth-order valence-electron chi connectivity index (χ4n) is 3.67. The van der Waals surface area contributed by atoms with Crippen molar-refractivity contribution < 1.29 is 13.9 Å². The van der Waals surface area contributed by atoms with Crippen molar-refractivity contribution in [3.05, 3.63) is 24.0 Å². The molecular weight excluding hydrogens is 259 g/mol. The topological polar surface area (TPSA) is 64.3 Å². The van der Waals surface area contributed by atoms with Crippen LogP contribution in [0.15, 0.2) is 18.2 Å². The van der Waals surface area contributed by atoms with Crippen LogP contribution in [0.3, 0.4) is 0 Å². The molecule has 2 aliphatic carbocycles. The van der Waals surface area contributed by atoms with Gasteiger partial charge in [-0.15, -0.1) is 0 Å². The average molecular weight is 278 g/mol. The van der Waals surface area contributed by atoms with E-state index in [0.29, 0.717) is 17.6 Å². The lowest BCUT2D eigenvalue weighted by Gasteiger charge is -2.27. The van der Waals surface area contributed by atoms with Gasteiger partial charge < -0.3 is 15.8 Å². The van der Waals surface area contributed by atoms with Crippen LogP contribution < -0.4 is 15.8 Å². The van der Waals surface area contributed by atoms with Crippen molar-refractivity contribution in [3.63, 3.8) is 0 Å². The van der Waals surface area contributed by atoms with Gasteiger partial charge in [0.1, 0.15) is 11.6 Å². The number of carbonyl (C=O) groups is 1. The average Bonchev–Trinajstić information content (AvgIpc) is 3.01. The number of amides is 1. The molecule has 2 fully saturated rings. The standard InChI is InChI=1S/C15H19FN2O2/c1-20-10-4-5-11(16)12(7-10)18-15(19)13-8-2-3-9(6-8)14(13)17/h4-5,7-9,13-14H,2-3,6,17H2,1H3,(H,18,19). The molecule has 1 amide bonds. The molecule has 3 rings (SSSR count). The Hall–Kier alpha value is -1.62. The highest BCUT2D eigenvalue weighted by molar-refractivity contribution is 5.94. The number of hydrogen-bond donors (Lipinski definition) is 2. The summed E-state index contributed by atoms with van der Waals surface area (Å²) in [5, 5.41) is 2.67. The van der Waals surface area contributed by atoms with E-state index in [1.54, 1.807) is 0 Å². The Morgan fingerprint density at radius 1 is 1.40 bits per heavy atom. The summed E-state index contributed by atoms with van der Waals surface area (Å²) >= 11 is 0. The van der Waals surface area contributed by atoms with Gasteiger partial charge in [0.25, 0.3) is 0 Å². The number of hydrogen-bond acceptors (Lipinski definition) is 3. The van der Waals surface area contributed by atoms with E-state index in [9.17, 15) is 9.18 Å². The lowest BCUT2D eigenvalue weighted by atomic mass is 9.84. The van der Waals surface area contributed by atoms with Gasteiger partial charge in [-0.2, -0.15) is 0 Å². The molecule has 0 saturated heterocycles. The summed E-state index contributed by atoms with van der Waals surface area (Å²) in [4.78, 5) is 12.4. The Morgan fingerprint density at radius 2 is 2.15 bits per heavy atom. The van der Waals surface area contributed by atoms with E-state index in [-0.39, 0.29) is 23.6 Å². The Bertz CT molecular complexity index is 533. The maximum atomic E-state index is 13.7. The molecule has 0 radical (unpaired) electrons. The Kier molecular flexibility index (Phi) is 3.38. The predicted molar refractivity (Wildman–Crippen MR) is 73.9 cm³/mol. The van der Waals surface area contributed by atoms with Crippen LogP contribution in [0.1, 0.15) is 19.3 Å². The van der Waals surface area contributed by atoms with E-state index >= 15 is 0 Å². The summed E-state index contributed by atoms with van der Waals surface area (Å²) in [5.41, 5.74) is 6.29. The van der Waals surface area contributed by atoms with Crippen LogP contribution in [0.25, 0.3) is 0 Å². The van der Waals surface area contributed by atoms with E-state index in [1.807, 2.05) is 0 Å². The third-order valence-electron chi connectivity index (χ3n) is 4.71. The first-order valence-corrected chi connectivity index (χ1v) is 7.00. The first-order chi connectivity index (χ1) is 9.60. The predicted octanol–water partition coefficient (Wildman–Crippen LogP) is 2.15. The Balaban J connectivity index is 1.76. The molecule has 108 valence electrons. The molecule has 5 heteroatoms. The highest BCUT2D eigenvalue weighted by atomic mass is 19.1. The second-order valence-electron chi connectivity index (χ2n) is 5.77. The van der Waals surface area contributed by atoms with Gasteiger partial charge in [-0.1, -0.05) is 0 Å². The molecule has 0 aromatic heterocycles. The van der Waals surface area contributed by atoms with Crippen molar-refractivity contribution >= 4 is 11.6 Å². The summed E-state index contributed by atoms with van der Waals surface area (Å²) < 4.78 is 18.8. The van der Waals surface area contributed by atoms with Crippen LogP contribution in [0.2, 0.25) is 0 Å². The zero-order valence-corrected chi connectivity index (χ0v) is 11.4. The first-order valence-electron chi connectivity index (χ1n) is 7.00. The van der Waals surface area contributed by atoms with Gasteiger partial charge in [0.15, 0.2) is 0 Å². The number of nitrogens with two attached hydrogens (primary N) is 1. The number of fused-ring (bicyclic) bond motifs is 2. The Labute approximate surface area is 117 Å². The van der Waals surface area contributed by atoms with Crippen LogP contribution in [0.4, 0.5) is 10.1 Å². The van der Waals surface area contributed by atoms with Gasteiger partial charge in [-0.3, -0.25) is 4.79 Å². The van der Waals surface area contributed by atoms with Gasteiger partial charge >= 0.3 is 0 Å². The number of nitrogens with one attached hydrogen (secondary N) is 1. The van der Waals surface area contributed by atoms with E-state index < -0.39 is 5.82 Å². The van der Waals surface area contributed by atoms with Crippen molar-refractivity contribution in [1.29, 1.82) is 0 Å². The van der Waals surface area contributed by atoms with E-state index in [4.69, 9.17) is 10.5 Å². The number of methoxy groups -OCH3 is 1. The number of carbonyl (C=O) groups excluding carboxylic acids is 1. The SMILES string of the molecule is COc1ccc(F)c(NC(=O)C2C3CCC(C3)C2N)c1. The molecular formula is C15H19FN2O2. The molecule has 0 spiro atoms. The van der Waals surface area contributed by atoms with Gasteiger partial charge in [-0.25, -0.2) is 4.39 Å². The molecule has 20 heavy (non-hydrogen) atoms. The van der Waals surface area contributed by atoms with Crippen molar-refractivity contribution in [3.8, 4) is 5.75 Å². The number of benzene rings is 1. The smallest absolute Gasteiger partial charge is 0.229 e. The molecule has 2 aliphatic rings. The second-order valence-corrected chi connectivity index (χ2v) is 5.77. The van der Waals surface area contributed by atoms with E-state index in [1.165, 1.54) is 25.3 Å². The molecule has 2 bridgehead atoms. The summed E-state index contributed by atoms with van der Waals surface area (Å²) in [6.07, 6.45) is 3.19. The summed E-state index contributed by atoms with van der Waals surface area (Å²) in [6, 6.07) is 4.21. The van der Waals surface area contributed by atoms with Gasteiger partial charge in [0.2, 0.25) is 5.91 Å². The van der Waals surface area contributed by atoms with Gasteiger partial charge in [-0.05, 0) is 43.2 Å². The summed E-state index contributed by atoms with van der Waals surface area (Å²) in [7, 11) is 1.50. The minimum Gasteiger partial charge on any atom is -0.497 e. The minimum absolute atomic E-state index is 0.0950. The molecule has 4 nitrogen and oxygen atoms in total. The van der Waals surface area contributed by atoms with Gasteiger partial charge in [0.05, 0.1) is 18.7 Å². The zero-order valence-electron chi connectivity index (χ0n) is 11.4.